The standard InChI is InChI=1S/C8H15O7P/c1-3-14-8(9)7(2)6-13-4-5-15-16(10,11)12/h2-6H2,1H3,(H2,10,11,12). The van der Waals surface area contributed by atoms with Gasteiger partial charge >= 0.3 is 13.8 Å². The van der Waals surface area contributed by atoms with Crippen molar-refractivity contribution in [3.63, 3.8) is 0 Å². The van der Waals surface area contributed by atoms with Gasteiger partial charge in [-0.3, -0.25) is 4.52 Å². The molecule has 8 heteroatoms. The third kappa shape index (κ3) is 8.58. The zero-order valence-corrected chi connectivity index (χ0v) is 9.81. The Morgan fingerprint density at radius 2 is 2.00 bits per heavy atom. The van der Waals surface area contributed by atoms with E-state index in [9.17, 15) is 9.36 Å². The van der Waals surface area contributed by atoms with Crippen molar-refractivity contribution in [2.75, 3.05) is 26.4 Å². The van der Waals surface area contributed by atoms with Crippen LogP contribution in [-0.2, 0) is 23.4 Å². The minimum absolute atomic E-state index is 0.0520. The summed E-state index contributed by atoms with van der Waals surface area (Å²) in [7, 11) is -4.45. The molecule has 0 radical (unpaired) electrons. The molecule has 16 heavy (non-hydrogen) atoms. The number of hydrogen-bond donors (Lipinski definition) is 2. The van der Waals surface area contributed by atoms with Crippen LogP contribution in [0.5, 0.6) is 0 Å². The third-order valence-corrected chi connectivity index (χ3v) is 1.85. The molecule has 0 amide bonds. The summed E-state index contributed by atoms with van der Waals surface area (Å²) in [6.45, 7) is 4.96. The summed E-state index contributed by atoms with van der Waals surface area (Å²) in [5.74, 6) is -0.557. The van der Waals surface area contributed by atoms with E-state index in [1.807, 2.05) is 0 Å². The summed E-state index contributed by atoms with van der Waals surface area (Å²) in [6, 6.07) is 0. The number of rotatable bonds is 8. The molecule has 0 aliphatic rings. The highest BCUT2D eigenvalue weighted by Gasteiger charge is 2.13. The zero-order chi connectivity index (χ0) is 12.6. The molecule has 0 aromatic heterocycles. The molecule has 0 fully saturated rings. The lowest BCUT2D eigenvalue weighted by molar-refractivity contribution is -0.139. The summed E-state index contributed by atoms with van der Waals surface area (Å²) in [5.41, 5.74) is 0.137. The quantitative estimate of drug-likeness (QED) is 0.276. The van der Waals surface area contributed by atoms with Gasteiger partial charge in [-0.15, -0.1) is 0 Å². The highest BCUT2D eigenvalue weighted by molar-refractivity contribution is 7.46. The van der Waals surface area contributed by atoms with E-state index in [1.54, 1.807) is 6.92 Å². The molecular weight excluding hydrogens is 239 g/mol. The maximum Gasteiger partial charge on any atom is 0.469 e. The molecule has 0 aromatic carbocycles. The fourth-order valence-electron chi connectivity index (χ4n) is 0.703. The predicted molar refractivity (Wildman–Crippen MR) is 54.6 cm³/mol. The highest BCUT2D eigenvalue weighted by Crippen LogP contribution is 2.35. The molecule has 94 valence electrons. The van der Waals surface area contributed by atoms with Gasteiger partial charge in [-0.05, 0) is 6.92 Å². The Hall–Kier alpha value is -0.720. The van der Waals surface area contributed by atoms with Crippen LogP contribution in [0.25, 0.3) is 0 Å². The van der Waals surface area contributed by atoms with Crippen LogP contribution >= 0.6 is 7.82 Å². The van der Waals surface area contributed by atoms with Gasteiger partial charge in [0.1, 0.15) is 0 Å². The van der Waals surface area contributed by atoms with E-state index in [1.165, 1.54) is 0 Å². The number of hydrogen-bond acceptors (Lipinski definition) is 5. The normalized spacial score (nSPS) is 11.2. The smallest absolute Gasteiger partial charge is 0.463 e. The summed E-state index contributed by atoms with van der Waals surface area (Å²) >= 11 is 0. The number of ether oxygens (including phenoxy) is 2. The number of phosphoric acid groups is 1. The van der Waals surface area contributed by atoms with Crippen molar-refractivity contribution in [3.05, 3.63) is 12.2 Å². The van der Waals surface area contributed by atoms with E-state index in [0.29, 0.717) is 0 Å². The first kappa shape index (κ1) is 15.3. The van der Waals surface area contributed by atoms with Crippen molar-refractivity contribution < 1.29 is 33.1 Å². The molecule has 0 bridgehead atoms. The molecule has 0 aliphatic carbocycles. The summed E-state index contributed by atoms with van der Waals surface area (Å²) in [4.78, 5) is 27.7. The average molecular weight is 254 g/mol. The first-order valence-corrected chi connectivity index (χ1v) is 6.02. The molecule has 0 rings (SSSR count). The summed E-state index contributed by atoms with van der Waals surface area (Å²) < 4.78 is 23.9. The van der Waals surface area contributed by atoms with E-state index in [-0.39, 0.29) is 32.0 Å². The van der Waals surface area contributed by atoms with Crippen LogP contribution < -0.4 is 0 Å². The maximum atomic E-state index is 11.0. The van der Waals surface area contributed by atoms with Crippen LogP contribution in [0.1, 0.15) is 6.92 Å². The van der Waals surface area contributed by atoms with E-state index < -0.39 is 13.8 Å². The first-order valence-electron chi connectivity index (χ1n) is 4.49. The van der Waals surface area contributed by atoms with Crippen LogP contribution in [0.2, 0.25) is 0 Å². The number of carbonyl (C=O) groups excluding carboxylic acids is 1. The summed E-state index contributed by atoms with van der Waals surface area (Å²) in [5, 5.41) is 0. The molecule has 0 atom stereocenters. The zero-order valence-electron chi connectivity index (χ0n) is 8.92. The Labute approximate surface area is 93.2 Å². The highest BCUT2D eigenvalue weighted by atomic mass is 31.2. The Bertz CT molecular complexity index is 282. The van der Waals surface area contributed by atoms with Gasteiger partial charge in [-0.2, -0.15) is 0 Å². The van der Waals surface area contributed by atoms with Gasteiger partial charge in [0.15, 0.2) is 0 Å². The van der Waals surface area contributed by atoms with Crippen molar-refractivity contribution >= 4 is 13.8 Å². The fourth-order valence-corrected chi connectivity index (χ4v) is 1.01. The number of phosphoric ester groups is 1. The largest absolute Gasteiger partial charge is 0.469 e. The molecule has 0 aliphatic heterocycles. The van der Waals surface area contributed by atoms with Gasteiger partial charge in [0.05, 0.1) is 32.0 Å². The molecule has 2 N–H and O–H groups in total. The van der Waals surface area contributed by atoms with Gasteiger partial charge in [0.2, 0.25) is 0 Å². The topological polar surface area (TPSA) is 102 Å². The van der Waals surface area contributed by atoms with Gasteiger partial charge in [-0.1, -0.05) is 6.58 Å². The second-order valence-electron chi connectivity index (χ2n) is 2.70. The molecule has 0 saturated heterocycles. The van der Waals surface area contributed by atoms with Crippen molar-refractivity contribution in [1.29, 1.82) is 0 Å². The van der Waals surface area contributed by atoms with Crippen molar-refractivity contribution in [2.45, 2.75) is 6.92 Å². The Kier molecular flexibility index (Phi) is 7.20. The lowest BCUT2D eigenvalue weighted by Gasteiger charge is -2.07. The Balaban J connectivity index is 3.56. The van der Waals surface area contributed by atoms with E-state index in [4.69, 9.17) is 14.5 Å². The SMILES string of the molecule is C=C(COCCOP(=O)(O)O)C(=O)OCC. The molecular formula is C8H15O7P. The second-order valence-corrected chi connectivity index (χ2v) is 3.94. The van der Waals surface area contributed by atoms with E-state index in [2.05, 4.69) is 15.8 Å². The van der Waals surface area contributed by atoms with Crippen LogP contribution in [-0.4, -0.2) is 42.2 Å². The Morgan fingerprint density at radius 3 is 2.50 bits per heavy atom. The van der Waals surface area contributed by atoms with Crippen LogP contribution in [0, 0.1) is 0 Å². The van der Waals surface area contributed by atoms with Crippen molar-refractivity contribution in [3.8, 4) is 0 Å². The molecule has 0 aromatic rings. The van der Waals surface area contributed by atoms with Crippen LogP contribution in [0.4, 0.5) is 0 Å². The minimum atomic E-state index is -4.45. The summed E-state index contributed by atoms with van der Waals surface area (Å²) in [6.07, 6.45) is 0. The van der Waals surface area contributed by atoms with E-state index in [0.717, 1.165) is 0 Å². The second kappa shape index (κ2) is 7.54. The lowest BCUT2D eigenvalue weighted by Crippen LogP contribution is -2.13. The van der Waals surface area contributed by atoms with Crippen molar-refractivity contribution in [2.24, 2.45) is 0 Å². The number of esters is 1. The molecule has 0 heterocycles. The predicted octanol–water partition coefficient (Wildman–Crippen LogP) is 0.232. The van der Waals surface area contributed by atoms with Gasteiger partial charge < -0.3 is 19.3 Å². The molecule has 7 nitrogen and oxygen atoms in total. The van der Waals surface area contributed by atoms with Gasteiger partial charge in [-0.25, -0.2) is 9.36 Å². The average Bonchev–Trinajstić information content (AvgIpc) is 2.15. The third-order valence-electron chi connectivity index (χ3n) is 1.33. The number of carbonyl (C=O) groups is 1. The first-order chi connectivity index (χ1) is 7.37. The van der Waals surface area contributed by atoms with E-state index >= 15 is 0 Å². The Morgan fingerprint density at radius 1 is 1.38 bits per heavy atom. The minimum Gasteiger partial charge on any atom is -0.463 e. The van der Waals surface area contributed by atoms with Gasteiger partial charge in [0, 0.05) is 0 Å². The monoisotopic (exact) mass is 254 g/mol. The van der Waals surface area contributed by atoms with Gasteiger partial charge in [0.25, 0.3) is 0 Å². The molecule has 0 spiro atoms. The lowest BCUT2D eigenvalue weighted by atomic mass is 10.3. The van der Waals surface area contributed by atoms with Crippen molar-refractivity contribution in [1.82, 2.24) is 0 Å². The fraction of sp³-hybridized carbons (Fsp3) is 0.625. The van der Waals surface area contributed by atoms with Crippen LogP contribution in [0.15, 0.2) is 12.2 Å². The van der Waals surface area contributed by atoms with Crippen LogP contribution in [0.3, 0.4) is 0 Å². The molecule has 0 unspecified atom stereocenters. The molecule has 0 saturated carbocycles. The maximum absolute atomic E-state index is 11.0.